The molecule has 0 saturated carbocycles. The summed E-state index contributed by atoms with van der Waals surface area (Å²) in [6, 6.07) is 12.3. The molecule has 0 atom stereocenters. The van der Waals surface area contributed by atoms with Gasteiger partial charge in [-0.3, -0.25) is 4.72 Å². The predicted octanol–water partition coefficient (Wildman–Crippen LogP) is 2.23. The molecular weight excluding hydrogens is 279 g/mol. The van der Waals surface area contributed by atoms with Gasteiger partial charge in [0, 0.05) is 12.2 Å². The molecule has 2 aromatic rings. The van der Waals surface area contributed by atoms with Gasteiger partial charge in [0.25, 0.3) is 0 Å². The van der Waals surface area contributed by atoms with Crippen LogP contribution in [0.3, 0.4) is 0 Å². The first-order chi connectivity index (χ1) is 9.50. The Bertz CT molecular complexity index is 685. The molecule has 0 spiro atoms. The topological polar surface area (TPSA) is 72.2 Å². The Morgan fingerprint density at radius 2 is 1.60 bits per heavy atom. The van der Waals surface area contributed by atoms with Gasteiger partial charge in [-0.2, -0.15) is 0 Å². The van der Waals surface area contributed by atoms with E-state index >= 15 is 0 Å². The van der Waals surface area contributed by atoms with Crippen LogP contribution in [-0.2, 0) is 22.3 Å². The summed E-state index contributed by atoms with van der Waals surface area (Å²) in [6.45, 7) is 0.280. The van der Waals surface area contributed by atoms with Crippen molar-refractivity contribution in [2.24, 2.45) is 5.73 Å². The van der Waals surface area contributed by atoms with Gasteiger partial charge in [-0.15, -0.1) is 0 Å². The Balaban J connectivity index is 2.17. The van der Waals surface area contributed by atoms with Crippen molar-refractivity contribution in [2.75, 3.05) is 4.72 Å². The first kappa shape index (κ1) is 14.5. The van der Waals surface area contributed by atoms with Gasteiger partial charge in [0.05, 0.1) is 5.75 Å². The van der Waals surface area contributed by atoms with Crippen LogP contribution in [0.5, 0.6) is 0 Å². The zero-order valence-corrected chi connectivity index (χ0v) is 11.5. The number of nitrogens with two attached hydrogens (primary N) is 1. The van der Waals surface area contributed by atoms with E-state index in [1.165, 1.54) is 24.3 Å². The second-order valence-corrected chi connectivity index (χ2v) is 6.06. The molecule has 20 heavy (non-hydrogen) atoms. The van der Waals surface area contributed by atoms with Gasteiger partial charge < -0.3 is 5.73 Å². The van der Waals surface area contributed by atoms with Gasteiger partial charge >= 0.3 is 0 Å². The zero-order chi connectivity index (χ0) is 14.6. The highest BCUT2D eigenvalue weighted by Gasteiger charge is 2.13. The van der Waals surface area contributed by atoms with Crippen LogP contribution in [0.15, 0.2) is 48.5 Å². The van der Waals surface area contributed by atoms with E-state index in [-0.39, 0.29) is 12.3 Å². The lowest BCUT2D eigenvalue weighted by atomic mass is 10.1. The third kappa shape index (κ3) is 3.79. The number of anilines is 1. The van der Waals surface area contributed by atoms with Crippen molar-refractivity contribution in [1.82, 2.24) is 0 Å². The molecule has 6 heteroatoms. The summed E-state index contributed by atoms with van der Waals surface area (Å²) >= 11 is 0. The predicted molar refractivity (Wildman–Crippen MR) is 77.0 cm³/mol. The van der Waals surface area contributed by atoms with Gasteiger partial charge in [0.2, 0.25) is 10.0 Å². The quantitative estimate of drug-likeness (QED) is 0.888. The standard InChI is InChI=1S/C14H15FN2O2S/c15-13-5-7-14(8-6-13)17-20(18,19)10-12-4-2-1-3-11(12)9-16/h1-8,17H,9-10,16H2. The molecule has 0 amide bonds. The van der Waals surface area contributed by atoms with E-state index in [4.69, 9.17) is 5.73 Å². The molecule has 0 bridgehead atoms. The lowest BCUT2D eigenvalue weighted by Gasteiger charge is -2.10. The molecule has 0 fully saturated rings. The molecule has 0 radical (unpaired) electrons. The van der Waals surface area contributed by atoms with Gasteiger partial charge in [0.15, 0.2) is 0 Å². The van der Waals surface area contributed by atoms with Gasteiger partial charge in [-0.1, -0.05) is 24.3 Å². The molecule has 0 unspecified atom stereocenters. The fourth-order valence-corrected chi connectivity index (χ4v) is 3.09. The van der Waals surface area contributed by atoms with E-state index in [9.17, 15) is 12.8 Å². The maximum absolute atomic E-state index is 12.8. The van der Waals surface area contributed by atoms with Crippen LogP contribution in [0.1, 0.15) is 11.1 Å². The summed E-state index contributed by atoms with van der Waals surface area (Å²) in [5, 5.41) is 0. The fourth-order valence-electron chi connectivity index (χ4n) is 1.84. The molecule has 0 aliphatic carbocycles. The van der Waals surface area contributed by atoms with Crippen molar-refractivity contribution in [1.29, 1.82) is 0 Å². The molecule has 0 saturated heterocycles. The Labute approximate surface area is 117 Å². The van der Waals surface area contributed by atoms with Crippen LogP contribution in [-0.4, -0.2) is 8.42 Å². The largest absolute Gasteiger partial charge is 0.326 e. The summed E-state index contributed by atoms with van der Waals surface area (Å²) in [7, 11) is -3.56. The monoisotopic (exact) mass is 294 g/mol. The van der Waals surface area contributed by atoms with Crippen LogP contribution in [0.25, 0.3) is 0 Å². The first-order valence-corrected chi connectivity index (χ1v) is 7.68. The van der Waals surface area contributed by atoms with Crippen molar-refractivity contribution in [2.45, 2.75) is 12.3 Å². The van der Waals surface area contributed by atoms with Crippen LogP contribution in [0.2, 0.25) is 0 Å². The van der Waals surface area contributed by atoms with Crippen LogP contribution >= 0.6 is 0 Å². The number of hydrogen-bond acceptors (Lipinski definition) is 3. The SMILES string of the molecule is NCc1ccccc1CS(=O)(=O)Nc1ccc(F)cc1. The van der Waals surface area contributed by atoms with Crippen LogP contribution in [0.4, 0.5) is 10.1 Å². The minimum atomic E-state index is -3.56. The van der Waals surface area contributed by atoms with Crippen molar-refractivity contribution >= 4 is 15.7 Å². The molecule has 0 aromatic heterocycles. The third-order valence-electron chi connectivity index (χ3n) is 2.80. The van der Waals surface area contributed by atoms with Crippen molar-refractivity contribution in [3.63, 3.8) is 0 Å². The molecule has 0 aliphatic heterocycles. The normalized spacial score (nSPS) is 11.3. The lowest BCUT2D eigenvalue weighted by molar-refractivity contribution is 0.600. The highest BCUT2D eigenvalue weighted by molar-refractivity contribution is 7.91. The Morgan fingerprint density at radius 3 is 2.20 bits per heavy atom. The minimum Gasteiger partial charge on any atom is -0.326 e. The summed E-state index contributed by atoms with van der Waals surface area (Å²) < 4.78 is 39.3. The van der Waals surface area contributed by atoms with E-state index in [2.05, 4.69) is 4.72 Å². The Morgan fingerprint density at radius 1 is 1.00 bits per heavy atom. The van der Waals surface area contributed by atoms with Gasteiger partial charge in [-0.25, -0.2) is 12.8 Å². The van der Waals surface area contributed by atoms with Crippen LogP contribution in [0, 0.1) is 5.82 Å². The molecule has 3 N–H and O–H groups in total. The fraction of sp³-hybridized carbons (Fsp3) is 0.143. The number of halogens is 1. The zero-order valence-electron chi connectivity index (χ0n) is 10.7. The molecule has 4 nitrogen and oxygen atoms in total. The van der Waals surface area contributed by atoms with E-state index in [0.717, 1.165) is 5.56 Å². The van der Waals surface area contributed by atoms with E-state index in [1.807, 2.05) is 6.07 Å². The van der Waals surface area contributed by atoms with E-state index in [0.29, 0.717) is 11.3 Å². The van der Waals surface area contributed by atoms with Crippen LogP contribution < -0.4 is 10.5 Å². The van der Waals surface area contributed by atoms with Gasteiger partial charge in [-0.05, 0) is 35.4 Å². The first-order valence-electron chi connectivity index (χ1n) is 6.03. The van der Waals surface area contributed by atoms with E-state index < -0.39 is 15.8 Å². The average Bonchev–Trinajstić information content (AvgIpc) is 2.41. The average molecular weight is 294 g/mol. The molecule has 106 valence electrons. The van der Waals surface area contributed by atoms with E-state index in [1.54, 1.807) is 18.2 Å². The second kappa shape index (κ2) is 6.02. The third-order valence-corrected chi connectivity index (χ3v) is 4.04. The molecule has 0 heterocycles. The lowest BCUT2D eigenvalue weighted by Crippen LogP contribution is -2.16. The molecular formula is C14H15FN2O2S. The van der Waals surface area contributed by atoms with Gasteiger partial charge in [0.1, 0.15) is 5.82 Å². The number of sulfonamides is 1. The Hall–Kier alpha value is -1.92. The van der Waals surface area contributed by atoms with Crippen molar-refractivity contribution < 1.29 is 12.8 Å². The summed E-state index contributed by atoms with van der Waals surface area (Å²) in [6.07, 6.45) is 0. The number of nitrogens with one attached hydrogen (secondary N) is 1. The number of hydrogen-bond donors (Lipinski definition) is 2. The second-order valence-electron chi connectivity index (χ2n) is 4.34. The smallest absolute Gasteiger partial charge is 0.236 e. The molecule has 2 aromatic carbocycles. The highest BCUT2D eigenvalue weighted by Crippen LogP contribution is 2.16. The Kier molecular flexibility index (Phi) is 4.36. The van der Waals surface area contributed by atoms with Crippen molar-refractivity contribution in [3.05, 3.63) is 65.5 Å². The maximum Gasteiger partial charge on any atom is 0.236 e. The molecule has 2 rings (SSSR count). The van der Waals surface area contributed by atoms with Crippen molar-refractivity contribution in [3.8, 4) is 0 Å². The maximum atomic E-state index is 12.8. The highest BCUT2D eigenvalue weighted by atomic mass is 32.2. The molecule has 0 aliphatic rings. The summed E-state index contributed by atoms with van der Waals surface area (Å²) in [5.74, 6) is -0.584. The summed E-state index contributed by atoms with van der Waals surface area (Å²) in [4.78, 5) is 0. The number of benzene rings is 2. The summed E-state index contributed by atoms with van der Waals surface area (Å²) in [5.41, 5.74) is 7.36. The minimum absolute atomic E-state index is 0.169. The number of rotatable bonds is 5.